The lowest BCUT2D eigenvalue weighted by atomic mass is 9.90. The van der Waals surface area contributed by atoms with Gasteiger partial charge in [-0.3, -0.25) is 4.90 Å². The van der Waals surface area contributed by atoms with E-state index in [0.717, 1.165) is 31.2 Å². The predicted octanol–water partition coefficient (Wildman–Crippen LogP) is 2.57. The molecule has 0 radical (unpaired) electrons. The Morgan fingerprint density at radius 2 is 1.95 bits per heavy atom. The van der Waals surface area contributed by atoms with Gasteiger partial charge in [0.25, 0.3) is 0 Å². The first-order valence-electron chi connectivity index (χ1n) is 7.54. The maximum atomic E-state index is 5.76. The maximum Gasteiger partial charge on any atom is 0.124 e. The number of likely N-dealkylation sites (tertiary alicyclic amines) is 1. The fourth-order valence-electron chi connectivity index (χ4n) is 3.49. The van der Waals surface area contributed by atoms with Crippen LogP contribution in [0.25, 0.3) is 0 Å². The summed E-state index contributed by atoms with van der Waals surface area (Å²) in [6, 6.07) is 9.08. The average Bonchev–Trinajstić information content (AvgIpc) is 2.48. The lowest BCUT2D eigenvalue weighted by Gasteiger charge is -2.40. The van der Waals surface area contributed by atoms with Crippen molar-refractivity contribution in [2.24, 2.45) is 11.7 Å². The van der Waals surface area contributed by atoms with Crippen molar-refractivity contribution in [1.29, 1.82) is 0 Å². The molecule has 0 spiro atoms. The van der Waals surface area contributed by atoms with Crippen LogP contribution >= 0.6 is 0 Å². The molecule has 0 aromatic heterocycles. The first-order valence-corrected chi connectivity index (χ1v) is 7.54. The van der Waals surface area contributed by atoms with E-state index in [9.17, 15) is 0 Å². The summed E-state index contributed by atoms with van der Waals surface area (Å²) in [5, 5.41) is 0. The predicted molar refractivity (Wildman–Crippen MR) is 77.3 cm³/mol. The summed E-state index contributed by atoms with van der Waals surface area (Å²) in [5.41, 5.74) is 7.05. The molecule has 3 heteroatoms. The molecule has 1 fully saturated rings. The molecule has 2 N–H and O–H groups in total. The van der Waals surface area contributed by atoms with Crippen molar-refractivity contribution in [3.05, 3.63) is 29.8 Å². The first-order chi connectivity index (χ1) is 9.38. The van der Waals surface area contributed by atoms with Gasteiger partial charge in [0.1, 0.15) is 5.75 Å². The molecule has 0 amide bonds. The monoisotopic (exact) mass is 260 g/mol. The second-order valence-corrected chi connectivity index (χ2v) is 5.75. The SMILES string of the molecule is NCCC1CCN(C2CCOc3ccccc32)CC1. The van der Waals surface area contributed by atoms with E-state index in [1.54, 1.807) is 0 Å². The van der Waals surface area contributed by atoms with E-state index in [1.165, 1.54) is 37.9 Å². The van der Waals surface area contributed by atoms with Gasteiger partial charge in [-0.15, -0.1) is 0 Å². The molecule has 1 unspecified atom stereocenters. The number of benzene rings is 1. The van der Waals surface area contributed by atoms with Crippen LogP contribution in [0.2, 0.25) is 0 Å². The molecule has 2 aliphatic rings. The number of ether oxygens (including phenoxy) is 1. The molecule has 0 saturated carbocycles. The Bertz CT molecular complexity index is 413. The summed E-state index contributed by atoms with van der Waals surface area (Å²) in [6.45, 7) is 4.11. The molecule has 3 rings (SSSR count). The van der Waals surface area contributed by atoms with Crippen LogP contribution in [0.15, 0.2) is 24.3 Å². The quantitative estimate of drug-likeness (QED) is 0.908. The maximum absolute atomic E-state index is 5.76. The highest BCUT2D eigenvalue weighted by atomic mass is 16.5. The molecule has 0 bridgehead atoms. The van der Waals surface area contributed by atoms with Crippen LogP contribution < -0.4 is 10.5 Å². The molecular formula is C16H24N2O. The number of hydrogen-bond donors (Lipinski definition) is 1. The summed E-state index contributed by atoms with van der Waals surface area (Å²) >= 11 is 0. The minimum absolute atomic E-state index is 0.559. The van der Waals surface area contributed by atoms with Crippen LogP contribution in [0, 0.1) is 5.92 Å². The zero-order valence-electron chi connectivity index (χ0n) is 11.6. The van der Waals surface area contributed by atoms with Crippen LogP contribution in [0.3, 0.4) is 0 Å². The van der Waals surface area contributed by atoms with Crippen molar-refractivity contribution in [3.8, 4) is 5.75 Å². The van der Waals surface area contributed by atoms with Crippen molar-refractivity contribution in [1.82, 2.24) is 4.90 Å². The minimum atomic E-state index is 0.559. The number of fused-ring (bicyclic) bond motifs is 1. The molecule has 1 saturated heterocycles. The van der Waals surface area contributed by atoms with E-state index in [4.69, 9.17) is 10.5 Å². The molecule has 1 atom stereocenters. The fraction of sp³-hybridized carbons (Fsp3) is 0.625. The lowest BCUT2D eigenvalue weighted by molar-refractivity contribution is 0.0975. The fourth-order valence-corrected chi connectivity index (χ4v) is 3.49. The zero-order valence-corrected chi connectivity index (χ0v) is 11.6. The topological polar surface area (TPSA) is 38.5 Å². The summed E-state index contributed by atoms with van der Waals surface area (Å²) in [6.07, 6.45) is 4.92. The molecule has 1 aromatic rings. The molecule has 2 heterocycles. The third kappa shape index (κ3) is 2.77. The zero-order chi connectivity index (χ0) is 13.1. The largest absolute Gasteiger partial charge is 0.493 e. The van der Waals surface area contributed by atoms with Gasteiger partial charge < -0.3 is 10.5 Å². The standard InChI is InChI=1S/C16H24N2O/c17-9-5-13-6-10-18(11-7-13)15-8-12-19-16-4-2-1-3-14(15)16/h1-4,13,15H,5-12,17H2. The van der Waals surface area contributed by atoms with Gasteiger partial charge >= 0.3 is 0 Å². The third-order valence-corrected chi connectivity index (χ3v) is 4.59. The number of nitrogens with zero attached hydrogens (tertiary/aromatic N) is 1. The average molecular weight is 260 g/mol. The van der Waals surface area contributed by atoms with Crippen molar-refractivity contribution in [3.63, 3.8) is 0 Å². The van der Waals surface area contributed by atoms with Gasteiger partial charge in [0.2, 0.25) is 0 Å². The summed E-state index contributed by atoms with van der Waals surface area (Å²) in [4.78, 5) is 2.65. The molecule has 0 aliphatic carbocycles. The van der Waals surface area contributed by atoms with Gasteiger partial charge in [-0.25, -0.2) is 0 Å². The van der Waals surface area contributed by atoms with E-state index in [0.29, 0.717) is 6.04 Å². The van der Waals surface area contributed by atoms with Crippen LogP contribution in [0.4, 0.5) is 0 Å². The van der Waals surface area contributed by atoms with Crippen LogP contribution in [-0.2, 0) is 0 Å². The Morgan fingerprint density at radius 3 is 2.74 bits per heavy atom. The van der Waals surface area contributed by atoms with E-state index < -0.39 is 0 Å². The van der Waals surface area contributed by atoms with Gasteiger partial charge in [0.15, 0.2) is 0 Å². The Balaban J connectivity index is 1.68. The van der Waals surface area contributed by atoms with E-state index in [1.807, 2.05) is 0 Å². The Morgan fingerprint density at radius 1 is 1.16 bits per heavy atom. The summed E-state index contributed by atoms with van der Waals surface area (Å²) in [7, 11) is 0. The first kappa shape index (κ1) is 12.9. The highest BCUT2D eigenvalue weighted by Crippen LogP contribution is 2.37. The normalized spacial score (nSPS) is 24.8. The minimum Gasteiger partial charge on any atom is -0.493 e. The van der Waals surface area contributed by atoms with Gasteiger partial charge in [0.05, 0.1) is 6.61 Å². The second kappa shape index (κ2) is 5.93. The Labute approximate surface area is 115 Å². The van der Waals surface area contributed by atoms with Gasteiger partial charge in [-0.1, -0.05) is 18.2 Å². The number of rotatable bonds is 3. The van der Waals surface area contributed by atoms with Crippen molar-refractivity contribution < 1.29 is 4.74 Å². The smallest absolute Gasteiger partial charge is 0.124 e. The number of para-hydroxylation sites is 1. The van der Waals surface area contributed by atoms with Gasteiger partial charge in [0, 0.05) is 18.0 Å². The van der Waals surface area contributed by atoms with E-state index in [2.05, 4.69) is 29.2 Å². The van der Waals surface area contributed by atoms with E-state index >= 15 is 0 Å². The molecule has 2 aliphatic heterocycles. The van der Waals surface area contributed by atoms with Gasteiger partial charge in [-0.05, 0) is 50.9 Å². The van der Waals surface area contributed by atoms with Crippen molar-refractivity contribution >= 4 is 0 Å². The second-order valence-electron chi connectivity index (χ2n) is 5.75. The summed E-state index contributed by atoms with van der Waals surface area (Å²) < 4.78 is 5.76. The molecular weight excluding hydrogens is 236 g/mol. The van der Waals surface area contributed by atoms with Crippen molar-refractivity contribution in [2.45, 2.75) is 31.7 Å². The third-order valence-electron chi connectivity index (χ3n) is 4.59. The molecule has 104 valence electrons. The Hall–Kier alpha value is -1.06. The number of nitrogens with two attached hydrogens (primary N) is 1. The van der Waals surface area contributed by atoms with Crippen LogP contribution in [0.5, 0.6) is 5.75 Å². The molecule has 19 heavy (non-hydrogen) atoms. The van der Waals surface area contributed by atoms with Gasteiger partial charge in [-0.2, -0.15) is 0 Å². The van der Waals surface area contributed by atoms with Crippen molar-refractivity contribution in [2.75, 3.05) is 26.2 Å². The number of piperidine rings is 1. The number of hydrogen-bond acceptors (Lipinski definition) is 3. The Kier molecular flexibility index (Phi) is 4.04. The van der Waals surface area contributed by atoms with E-state index in [-0.39, 0.29) is 0 Å². The highest BCUT2D eigenvalue weighted by molar-refractivity contribution is 5.37. The molecule has 1 aromatic carbocycles. The highest BCUT2D eigenvalue weighted by Gasteiger charge is 2.29. The molecule has 3 nitrogen and oxygen atoms in total. The summed E-state index contributed by atoms with van der Waals surface area (Å²) in [5.74, 6) is 1.93. The lowest BCUT2D eigenvalue weighted by Crippen LogP contribution is -2.39. The van der Waals surface area contributed by atoms with Crippen LogP contribution in [0.1, 0.15) is 37.3 Å². The van der Waals surface area contributed by atoms with Crippen LogP contribution in [-0.4, -0.2) is 31.1 Å².